The molecule has 0 N–H and O–H groups in total. The third kappa shape index (κ3) is 3.52. The second kappa shape index (κ2) is 7.59. The van der Waals surface area contributed by atoms with Crippen molar-refractivity contribution in [3.8, 4) is 5.69 Å². The van der Waals surface area contributed by atoms with Crippen molar-refractivity contribution in [1.82, 2.24) is 29.8 Å². The lowest BCUT2D eigenvalue weighted by molar-refractivity contribution is 0.0945. The highest BCUT2D eigenvalue weighted by atomic mass is 32.2. The number of hydrogen-bond acceptors (Lipinski definition) is 6. The quantitative estimate of drug-likeness (QED) is 0.621. The second-order valence-electron chi connectivity index (χ2n) is 6.44. The van der Waals surface area contributed by atoms with Gasteiger partial charge in [0.2, 0.25) is 0 Å². The first-order valence-corrected chi connectivity index (χ1v) is 9.81. The highest BCUT2D eigenvalue weighted by Gasteiger charge is 2.21. The van der Waals surface area contributed by atoms with E-state index in [0.29, 0.717) is 5.75 Å². The lowest BCUT2D eigenvalue weighted by Crippen LogP contribution is -2.16. The van der Waals surface area contributed by atoms with Gasteiger partial charge in [-0.3, -0.25) is 0 Å². The fraction of sp³-hybridized carbons (Fsp3) is 0.444. The molecule has 1 atom stereocenters. The number of thioether (sulfide) groups is 1. The number of ether oxygens (including phenoxy) is 1. The van der Waals surface area contributed by atoms with Crippen molar-refractivity contribution >= 4 is 11.8 Å². The molecule has 1 saturated heterocycles. The van der Waals surface area contributed by atoms with Gasteiger partial charge in [-0.05, 0) is 49.2 Å². The first-order chi connectivity index (χ1) is 12.7. The van der Waals surface area contributed by atoms with Gasteiger partial charge in [0.1, 0.15) is 0 Å². The Bertz CT molecular complexity index is 869. The van der Waals surface area contributed by atoms with E-state index in [4.69, 9.17) is 9.72 Å². The molecule has 0 spiro atoms. The van der Waals surface area contributed by atoms with Crippen molar-refractivity contribution in [1.29, 1.82) is 0 Å². The molecule has 4 rings (SSSR count). The summed E-state index contributed by atoms with van der Waals surface area (Å²) >= 11 is 1.66. The number of nitrogens with zero attached hydrogens (tertiary/aromatic N) is 6. The third-order valence-corrected chi connectivity index (χ3v) is 5.67. The van der Waals surface area contributed by atoms with Crippen LogP contribution < -0.4 is 0 Å². The van der Waals surface area contributed by atoms with Crippen molar-refractivity contribution in [3.63, 3.8) is 0 Å². The van der Waals surface area contributed by atoms with Crippen LogP contribution in [-0.4, -0.2) is 42.5 Å². The minimum Gasteiger partial charge on any atom is -0.376 e. The Balaban J connectivity index is 1.52. The molecule has 1 aromatic carbocycles. The molecule has 0 radical (unpaired) electrons. The Morgan fingerprint density at radius 1 is 1.23 bits per heavy atom. The van der Waals surface area contributed by atoms with E-state index in [1.54, 1.807) is 16.4 Å². The molecular weight excluding hydrogens is 348 g/mol. The SMILES string of the molecule is Cc1nc(SCc2nnnn2-c2ccccc2)n(CC2CCCO2)c1C. The van der Waals surface area contributed by atoms with Crippen LogP contribution in [0.25, 0.3) is 5.69 Å². The predicted molar refractivity (Wildman–Crippen MR) is 99.4 cm³/mol. The molecular formula is C18H22N6OS. The van der Waals surface area contributed by atoms with Crippen LogP contribution in [-0.2, 0) is 17.0 Å². The maximum absolute atomic E-state index is 5.81. The highest BCUT2D eigenvalue weighted by Crippen LogP contribution is 2.26. The molecule has 0 amide bonds. The Morgan fingerprint density at radius 2 is 2.08 bits per heavy atom. The molecule has 1 aliphatic heterocycles. The molecule has 3 aromatic rings. The summed E-state index contributed by atoms with van der Waals surface area (Å²) < 4.78 is 9.86. The summed E-state index contributed by atoms with van der Waals surface area (Å²) in [7, 11) is 0. The summed E-state index contributed by atoms with van der Waals surface area (Å²) in [4.78, 5) is 4.75. The van der Waals surface area contributed by atoms with Gasteiger partial charge in [0, 0.05) is 12.3 Å². The zero-order valence-corrected chi connectivity index (χ0v) is 15.8. The van der Waals surface area contributed by atoms with Crippen LogP contribution >= 0.6 is 11.8 Å². The van der Waals surface area contributed by atoms with Crippen molar-refractivity contribution in [2.24, 2.45) is 0 Å². The molecule has 136 valence electrons. The van der Waals surface area contributed by atoms with E-state index >= 15 is 0 Å². The summed E-state index contributed by atoms with van der Waals surface area (Å²) in [6, 6.07) is 9.94. The van der Waals surface area contributed by atoms with Crippen molar-refractivity contribution in [2.45, 2.75) is 50.2 Å². The Morgan fingerprint density at radius 3 is 2.85 bits per heavy atom. The number of para-hydroxylation sites is 1. The first kappa shape index (κ1) is 17.2. The Hall–Kier alpha value is -2.19. The molecule has 0 saturated carbocycles. The second-order valence-corrected chi connectivity index (χ2v) is 7.38. The topological polar surface area (TPSA) is 70.7 Å². The van der Waals surface area contributed by atoms with E-state index in [2.05, 4.69) is 33.9 Å². The van der Waals surface area contributed by atoms with Crippen molar-refractivity contribution in [3.05, 3.63) is 47.5 Å². The minimum absolute atomic E-state index is 0.288. The summed E-state index contributed by atoms with van der Waals surface area (Å²) in [5, 5.41) is 13.2. The third-order valence-electron chi connectivity index (χ3n) is 4.70. The number of benzene rings is 1. The molecule has 1 aliphatic rings. The lowest BCUT2D eigenvalue weighted by atomic mass is 10.2. The average molecular weight is 370 g/mol. The Kier molecular flexibility index (Phi) is 5.03. The van der Waals surface area contributed by atoms with Gasteiger partial charge in [-0.15, -0.1) is 5.10 Å². The number of aryl methyl sites for hydroxylation is 1. The zero-order valence-electron chi connectivity index (χ0n) is 15.0. The number of imidazole rings is 1. The Labute approximate surface area is 156 Å². The number of aromatic nitrogens is 6. The average Bonchev–Trinajstić information content (AvgIpc) is 3.39. The summed E-state index contributed by atoms with van der Waals surface area (Å²) in [6.07, 6.45) is 2.55. The zero-order chi connectivity index (χ0) is 17.9. The van der Waals surface area contributed by atoms with Gasteiger partial charge in [-0.25, -0.2) is 4.98 Å². The maximum Gasteiger partial charge on any atom is 0.168 e. The normalized spacial score (nSPS) is 17.1. The first-order valence-electron chi connectivity index (χ1n) is 8.83. The monoisotopic (exact) mass is 370 g/mol. The number of hydrogen-bond donors (Lipinski definition) is 0. The van der Waals surface area contributed by atoms with E-state index in [1.165, 1.54) is 5.69 Å². The van der Waals surface area contributed by atoms with Crippen LogP contribution in [0.15, 0.2) is 35.5 Å². The van der Waals surface area contributed by atoms with Gasteiger partial charge in [0.15, 0.2) is 11.0 Å². The van der Waals surface area contributed by atoms with E-state index in [1.807, 2.05) is 30.3 Å². The molecule has 8 heteroatoms. The molecule has 26 heavy (non-hydrogen) atoms. The summed E-state index contributed by atoms with van der Waals surface area (Å²) in [6.45, 7) is 5.90. The van der Waals surface area contributed by atoms with E-state index in [0.717, 1.165) is 48.4 Å². The van der Waals surface area contributed by atoms with Gasteiger partial charge in [0.25, 0.3) is 0 Å². The van der Waals surface area contributed by atoms with Crippen molar-refractivity contribution in [2.75, 3.05) is 6.61 Å². The van der Waals surface area contributed by atoms with Crippen LogP contribution in [0.4, 0.5) is 0 Å². The van der Waals surface area contributed by atoms with Gasteiger partial charge in [-0.2, -0.15) is 4.68 Å². The molecule has 1 unspecified atom stereocenters. The summed E-state index contributed by atoms with van der Waals surface area (Å²) in [5.74, 6) is 1.46. The fourth-order valence-corrected chi connectivity index (χ4v) is 4.14. The molecule has 1 fully saturated rings. The van der Waals surface area contributed by atoms with Crippen LogP contribution in [0.5, 0.6) is 0 Å². The molecule has 2 aromatic heterocycles. The van der Waals surface area contributed by atoms with Crippen molar-refractivity contribution < 1.29 is 4.74 Å². The van der Waals surface area contributed by atoms with Crippen LogP contribution in [0.1, 0.15) is 30.1 Å². The van der Waals surface area contributed by atoms with E-state index in [9.17, 15) is 0 Å². The maximum atomic E-state index is 5.81. The molecule has 3 heterocycles. The van der Waals surface area contributed by atoms with Gasteiger partial charge >= 0.3 is 0 Å². The smallest absolute Gasteiger partial charge is 0.168 e. The van der Waals surface area contributed by atoms with E-state index < -0.39 is 0 Å². The van der Waals surface area contributed by atoms with E-state index in [-0.39, 0.29) is 6.10 Å². The van der Waals surface area contributed by atoms with Gasteiger partial charge in [0.05, 0.1) is 29.8 Å². The fourth-order valence-electron chi connectivity index (χ4n) is 3.14. The van der Waals surface area contributed by atoms with Crippen LogP contribution in [0.3, 0.4) is 0 Å². The largest absolute Gasteiger partial charge is 0.376 e. The van der Waals surface area contributed by atoms with Gasteiger partial charge < -0.3 is 9.30 Å². The van der Waals surface area contributed by atoms with Crippen LogP contribution in [0, 0.1) is 13.8 Å². The molecule has 7 nitrogen and oxygen atoms in total. The highest BCUT2D eigenvalue weighted by molar-refractivity contribution is 7.98. The minimum atomic E-state index is 0.288. The molecule has 0 bridgehead atoms. The molecule has 0 aliphatic carbocycles. The summed E-state index contributed by atoms with van der Waals surface area (Å²) in [5.41, 5.74) is 3.22. The number of tetrazole rings is 1. The lowest BCUT2D eigenvalue weighted by Gasteiger charge is -2.14. The van der Waals surface area contributed by atoms with Gasteiger partial charge in [-0.1, -0.05) is 30.0 Å². The standard InChI is InChI=1S/C18H22N6OS/c1-13-14(2)23(11-16-9-6-10-25-16)18(19-13)26-12-17-20-21-22-24(17)15-7-4-3-5-8-15/h3-5,7-8,16H,6,9-12H2,1-2H3. The predicted octanol–water partition coefficient (Wildman–Crippen LogP) is 2.95. The van der Waals surface area contributed by atoms with Crippen LogP contribution in [0.2, 0.25) is 0 Å². The number of rotatable bonds is 6.